The molecule has 0 saturated carbocycles. The number of benzene rings is 1. The zero-order valence-corrected chi connectivity index (χ0v) is 11.8. The third kappa shape index (κ3) is 3.70. The van der Waals surface area contributed by atoms with Gasteiger partial charge in [0.25, 0.3) is 0 Å². The summed E-state index contributed by atoms with van der Waals surface area (Å²) in [6.45, 7) is 5.64. The summed E-state index contributed by atoms with van der Waals surface area (Å²) in [7, 11) is 0. The van der Waals surface area contributed by atoms with Crippen LogP contribution in [0, 0.1) is 6.92 Å². The van der Waals surface area contributed by atoms with Gasteiger partial charge in [0.05, 0.1) is 17.9 Å². The molecule has 0 aliphatic carbocycles. The van der Waals surface area contributed by atoms with Crippen molar-refractivity contribution in [3.05, 3.63) is 23.8 Å². The summed E-state index contributed by atoms with van der Waals surface area (Å²) in [6, 6.07) is 6.19. The highest BCUT2D eigenvalue weighted by Gasteiger charge is 2.20. The number of nitrogens with zero attached hydrogens (tertiary/aromatic N) is 1. The normalized spacial score (nSPS) is 20.2. The molecule has 19 heavy (non-hydrogen) atoms. The van der Waals surface area contributed by atoms with Crippen molar-refractivity contribution < 1.29 is 4.79 Å². The molecule has 1 unspecified atom stereocenters. The first-order chi connectivity index (χ1) is 9.06. The predicted molar refractivity (Wildman–Crippen MR) is 79.1 cm³/mol. The Hall–Kier alpha value is -1.55. The van der Waals surface area contributed by atoms with Crippen LogP contribution < -0.4 is 11.1 Å². The molecule has 1 aromatic carbocycles. The Balaban J connectivity index is 1.93. The molecule has 1 saturated heterocycles. The molecule has 2 rings (SSSR count). The highest BCUT2D eigenvalue weighted by molar-refractivity contribution is 5.95. The van der Waals surface area contributed by atoms with Gasteiger partial charge in [-0.05, 0) is 50.9 Å². The van der Waals surface area contributed by atoms with Crippen LogP contribution >= 0.6 is 0 Å². The van der Waals surface area contributed by atoms with E-state index in [-0.39, 0.29) is 5.91 Å². The SMILES string of the molecule is Cc1ccc(NC(=O)CN2CCCCC2C)c(N)c1. The van der Waals surface area contributed by atoms with Crippen LogP contribution in [0.3, 0.4) is 0 Å². The third-order valence-corrected chi connectivity index (χ3v) is 3.77. The van der Waals surface area contributed by atoms with Crippen LogP contribution in [0.1, 0.15) is 31.7 Å². The molecule has 0 aromatic heterocycles. The maximum absolute atomic E-state index is 12.1. The average molecular weight is 261 g/mol. The first-order valence-corrected chi connectivity index (χ1v) is 6.96. The number of likely N-dealkylation sites (tertiary alicyclic amines) is 1. The topological polar surface area (TPSA) is 58.4 Å². The van der Waals surface area contributed by atoms with E-state index in [1.54, 1.807) is 0 Å². The number of rotatable bonds is 3. The van der Waals surface area contributed by atoms with Crippen LogP contribution in [-0.4, -0.2) is 29.9 Å². The Morgan fingerprint density at radius 1 is 1.47 bits per heavy atom. The fraction of sp³-hybridized carbons (Fsp3) is 0.533. The molecule has 3 N–H and O–H groups in total. The molecule has 104 valence electrons. The monoisotopic (exact) mass is 261 g/mol. The van der Waals surface area contributed by atoms with Crippen molar-refractivity contribution in [1.29, 1.82) is 0 Å². The van der Waals surface area contributed by atoms with Crippen molar-refractivity contribution >= 4 is 17.3 Å². The van der Waals surface area contributed by atoms with Crippen molar-refractivity contribution in [2.24, 2.45) is 0 Å². The van der Waals surface area contributed by atoms with Gasteiger partial charge in [0.15, 0.2) is 0 Å². The molecular weight excluding hydrogens is 238 g/mol. The first kappa shape index (κ1) is 13.9. The number of anilines is 2. The Bertz CT molecular complexity index is 459. The summed E-state index contributed by atoms with van der Waals surface area (Å²) >= 11 is 0. The number of piperidine rings is 1. The van der Waals surface area contributed by atoms with Gasteiger partial charge >= 0.3 is 0 Å². The van der Waals surface area contributed by atoms with E-state index in [4.69, 9.17) is 5.73 Å². The van der Waals surface area contributed by atoms with E-state index in [9.17, 15) is 4.79 Å². The minimum absolute atomic E-state index is 0.0179. The molecule has 1 amide bonds. The van der Waals surface area contributed by atoms with Crippen LogP contribution in [-0.2, 0) is 4.79 Å². The number of nitrogens with two attached hydrogens (primary N) is 1. The van der Waals surface area contributed by atoms with E-state index >= 15 is 0 Å². The molecule has 1 aliphatic heterocycles. The number of hydrogen-bond donors (Lipinski definition) is 2. The molecular formula is C15H23N3O. The molecule has 1 heterocycles. The van der Waals surface area contributed by atoms with Crippen molar-refractivity contribution in [1.82, 2.24) is 4.90 Å². The fourth-order valence-corrected chi connectivity index (χ4v) is 2.56. The van der Waals surface area contributed by atoms with E-state index in [1.165, 1.54) is 19.3 Å². The molecule has 1 aromatic rings. The van der Waals surface area contributed by atoms with Gasteiger partial charge in [-0.3, -0.25) is 9.69 Å². The lowest BCUT2D eigenvalue weighted by molar-refractivity contribution is -0.118. The third-order valence-electron chi connectivity index (χ3n) is 3.77. The minimum atomic E-state index is 0.0179. The van der Waals surface area contributed by atoms with E-state index in [0.717, 1.165) is 12.1 Å². The van der Waals surface area contributed by atoms with Crippen LogP contribution in [0.25, 0.3) is 0 Å². The number of nitrogen functional groups attached to an aromatic ring is 1. The number of hydrogen-bond acceptors (Lipinski definition) is 3. The van der Waals surface area contributed by atoms with Gasteiger partial charge in [-0.1, -0.05) is 12.5 Å². The largest absolute Gasteiger partial charge is 0.397 e. The Morgan fingerprint density at radius 2 is 2.26 bits per heavy atom. The minimum Gasteiger partial charge on any atom is -0.397 e. The predicted octanol–water partition coefficient (Wildman–Crippen LogP) is 2.39. The maximum Gasteiger partial charge on any atom is 0.238 e. The van der Waals surface area contributed by atoms with E-state index < -0.39 is 0 Å². The Morgan fingerprint density at radius 3 is 2.95 bits per heavy atom. The number of aryl methyl sites for hydroxylation is 1. The van der Waals surface area contributed by atoms with Gasteiger partial charge in [-0.2, -0.15) is 0 Å². The molecule has 1 fully saturated rings. The molecule has 0 radical (unpaired) electrons. The fourth-order valence-electron chi connectivity index (χ4n) is 2.56. The molecule has 1 aliphatic rings. The smallest absolute Gasteiger partial charge is 0.238 e. The Kier molecular flexibility index (Phi) is 4.43. The van der Waals surface area contributed by atoms with Crippen LogP contribution in [0.15, 0.2) is 18.2 Å². The van der Waals surface area contributed by atoms with Gasteiger partial charge in [0.2, 0.25) is 5.91 Å². The van der Waals surface area contributed by atoms with Crippen molar-refractivity contribution in [3.8, 4) is 0 Å². The molecule has 1 atom stereocenters. The highest BCUT2D eigenvalue weighted by atomic mass is 16.2. The molecule has 4 nitrogen and oxygen atoms in total. The second-order valence-corrected chi connectivity index (χ2v) is 5.45. The van der Waals surface area contributed by atoms with Gasteiger partial charge in [-0.15, -0.1) is 0 Å². The van der Waals surface area contributed by atoms with Crippen LogP contribution in [0.4, 0.5) is 11.4 Å². The van der Waals surface area contributed by atoms with Crippen molar-refractivity contribution in [2.45, 2.75) is 39.2 Å². The number of carbonyl (C=O) groups excluding carboxylic acids is 1. The molecule has 0 spiro atoms. The van der Waals surface area contributed by atoms with E-state index in [1.807, 2.05) is 25.1 Å². The number of amides is 1. The highest BCUT2D eigenvalue weighted by Crippen LogP contribution is 2.20. The first-order valence-electron chi connectivity index (χ1n) is 6.96. The quantitative estimate of drug-likeness (QED) is 0.821. The summed E-state index contributed by atoms with van der Waals surface area (Å²) in [5, 5.41) is 2.90. The van der Waals surface area contributed by atoms with E-state index in [0.29, 0.717) is 24.0 Å². The lowest BCUT2D eigenvalue weighted by Gasteiger charge is -2.32. The van der Waals surface area contributed by atoms with Crippen molar-refractivity contribution in [2.75, 3.05) is 24.1 Å². The van der Waals surface area contributed by atoms with Gasteiger partial charge in [-0.25, -0.2) is 0 Å². The zero-order valence-electron chi connectivity index (χ0n) is 11.8. The second kappa shape index (κ2) is 6.06. The summed E-state index contributed by atoms with van der Waals surface area (Å²) < 4.78 is 0. The lowest BCUT2D eigenvalue weighted by Crippen LogP contribution is -2.42. The summed E-state index contributed by atoms with van der Waals surface area (Å²) in [4.78, 5) is 14.3. The standard InChI is InChI=1S/C15H23N3O/c1-11-6-7-14(13(16)9-11)17-15(19)10-18-8-4-3-5-12(18)2/h6-7,9,12H,3-5,8,10,16H2,1-2H3,(H,17,19). The number of nitrogens with one attached hydrogen (secondary N) is 1. The van der Waals surface area contributed by atoms with Crippen molar-refractivity contribution in [3.63, 3.8) is 0 Å². The average Bonchev–Trinajstić information content (AvgIpc) is 2.36. The zero-order chi connectivity index (χ0) is 13.8. The number of carbonyl (C=O) groups is 1. The summed E-state index contributed by atoms with van der Waals surface area (Å²) in [6.07, 6.45) is 3.63. The Labute approximate surface area is 115 Å². The molecule has 4 heteroatoms. The van der Waals surface area contributed by atoms with Gasteiger partial charge in [0, 0.05) is 6.04 Å². The second-order valence-electron chi connectivity index (χ2n) is 5.45. The van der Waals surface area contributed by atoms with Gasteiger partial charge in [0.1, 0.15) is 0 Å². The maximum atomic E-state index is 12.1. The molecule has 0 bridgehead atoms. The lowest BCUT2D eigenvalue weighted by atomic mass is 10.0. The summed E-state index contributed by atoms with van der Waals surface area (Å²) in [5.41, 5.74) is 8.33. The van der Waals surface area contributed by atoms with Gasteiger partial charge < -0.3 is 11.1 Å². The summed E-state index contributed by atoms with van der Waals surface area (Å²) in [5.74, 6) is 0.0179. The van der Waals surface area contributed by atoms with E-state index in [2.05, 4.69) is 17.1 Å². The van der Waals surface area contributed by atoms with Crippen LogP contribution in [0.2, 0.25) is 0 Å². The van der Waals surface area contributed by atoms with Crippen LogP contribution in [0.5, 0.6) is 0 Å².